The van der Waals surface area contributed by atoms with Gasteiger partial charge >= 0.3 is 0 Å². The van der Waals surface area contributed by atoms with E-state index >= 15 is 0 Å². The monoisotopic (exact) mass is 1590 g/mol. The SMILES string of the molecule is CCCCCCCCC1(CCCCCCCC)c2ccccc2-c2ccc(-c3ccc4c(c3)C(CCCCCCCC)(CCCCCCCC)c3cc(-c5ccc6c(c5)C(CCCCCCCC)(CCCCCCCC)c5cc(-c7ccc8c(c7)C(CCCCCCCC)(CCCCCCCC)c7ccccc7-8)ccc5-6)ccc3-4)cc21.[SiH4]. The van der Waals surface area contributed by atoms with Crippen molar-refractivity contribution in [1.82, 2.24) is 0 Å². The first kappa shape index (κ1) is 91.7. The highest BCUT2D eigenvalue weighted by molar-refractivity contribution is 5.91. The van der Waals surface area contributed by atoms with E-state index < -0.39 is 0 Å². The molecule has 0 saturated heterocycles. The lowest BCUT2D eigenvalue weighted by atomic mass is 9.69. The second kappa shape index (κ2) is 47.4. The van der Waals surface area contributed by atoms with Crippen molar-refractivity contribution in [2.45, 2.75) is 437 Å². The Morgan fingerprint density at radius 2 is 0.282 bits per heavy atom. The normalized spacial score (nSPS) is 14.4. The molecule has 0 fully saturated rings. The maximum atomic E-state index is 2.81. The Hall–Kier alpha value is -6.02. The Morgan fingerprint density at radius 3 is 0.453 bits per heavy atom. The number of benzene rings is 8. The predicted octanol–water partition coefficient (Wildman–Crippen LogP) is 36.3. The molecule has 0 N–H and O–H groups in total. The van der Waals surface area contributed by atoms with Gasteiger partial charge in [-0.25, -0.2) is 0 Å². The summed E-state index contributed by atoms with van der Waals surface area (Å²) in [6, 6.07) is 67.2. The smallest absolute Gasteiger partial charge is 0.0215 e. The van der Waals surface area contributed by atoms with Gasteiger partial charge in [-0.2, -0.15) is 0 Å². The Balaban J connectivity index is 0.0000134. The molecule has 0 atom stereocenters. The van der Waals surface area contributed by atoms with Crippen molar-refractivity contribution in [2.75, 3.05) is 0 Å². The lowest BCUT2D eigenvalue weighted by molar-refractivity contribution is 0.397. The third kappa shape index (κ3) is 21.9. The second-order valence-electron chi connectivity index (χ2n) is 38.1. The van der Waals surface area contributed by atoms with Gasteiger partial charge in [0.2, 0.25) is 0 Å². The first-order valence-electron chi connectivity index (χ1n) is 50.3. The number of hydrogen-bond donors (Lipinski definition) is 0. The van der Waals surface area contributed by atoms with Crippen molar-refractivity contribution in [3.63, 3.8) is 0 Å². The predicted molar refractivity (Wildman–Crippen MR) is 523 cm³/mol. The highest BCUT2D eigenvalue weighted by atomic mass is 28.1. The van der Waals surface area contributed by atoms with Crippen LogP contribution in [0.3, 0.4) is 0 Å². The van der Waals surface area contributed by atoms with Gasteiger partial charge in [0.05, 0.1) is 0 Å². The Labute approximate surface area is 722 Å². The molecule has 117 heavy (non-hydrogen) atoms. The van der Waals surface area contributed by atoms with Crippen LogP contribution < -0.4 is 0 Å². The molecule has 0 unspecified atom stereocenters. The number of fused-ring (bicyclic) bond motifs is 12. The summed E-state index contributed by atoms with van der Waals surface area (Å²) in [6.07, 6.45) is 73.9. The molecule has 8 aromatic rings. The van der Waals surface area contributed by atoms with Gasteiger partial charge in [0.15, 0.2) is 0 Å². The van der Waals surface area contributed by atoms with E-state index in [-0.39, 0.29) is 32.6 Å². The summed E-state index contributed by atoms with van der Waals surface area (Å²) in [5, 5.41) is 0. The van der Waals surface area contributed by atoms with E-state index in [0.29, 0.717) is 0 Å². The topological polar surface area (TPSA) is 0 Å². The third-order valence-corrected chi connectivity index (χ3v) is 29.9. The average Bonchev–Trinajstić information content (AvgIpc) is 1.56. The van der Waals surface area contributed by atoms with Crippen molar-refractivity contribution < 1.29 is 0 Å². The van der Waals surface area contributed by atoms with Gasteiger partial charge in [0, 0.05) is 21.7 Å². The van der Waals surface area contributed by atoms with Crippen LogP contribution in [0.25, 0.3) is 77.9 Å². The molecule has 0 saturated carbocycles. The first-order chi connectivity index (χ1) is 57.2. The zero-order chi connectivity index (χ0) is 80.7. The van der Waals surface area contributed by atoms with E-state index in [9.17, 15) is 0 Å². The van der Waals surface area contributed by atoms with Crippen molar-refractivity contribution in [2.24, 2.45) is 0 Å². The Kier molecular flexibility index (Phi) is 37.2. The largest absolute Gasteiger partial charge is 0.0654 e. The molecule has 4 aliphatic carbocycles. The summed E-state index contributed by atoms with van der Waals surface area (Å²) in [7, 11) is 0. The van der Waals surface area contributed by atoms with Crippen molar-refractivity contribution in [3.05, 3.63) is 202 Å². The van der Waals surface area contributed by atoms with Gasteiger partial charge in [-0.15, -0.1) is 0 Å². The van der Waals surface area contributed by atoms with Crippen molar-refractivity contribution >= 4 is 11.0 Å². The molecular weight excluding hydrogens is 1420 g/mol. The molecule has 0 amide bonds. The zero-order valence-electron chi connectivity index (χ0n) is 75.6. The quantitative estimate of drug-likeness (QED) is 0.0263. The molecule has 0 bridgehead atoms. The van der Waals surface area contributed by atoms with Crippen LogP contribution in [0.2, 0.25) is 0 Å². The summed E-state index contributed by atoms with van der Waals surface area (Å²) in [5.41, 5.74) is 33.6. The average molecular weight is 1590 g/mol. The van der Waals surface area contributed by atoms with E-state index in [1.807, 2.05) is 0 Å². The van der Waals surface area contributed by atoms with Gasteiger partial charge in [0.1, 0.15) is 0 Å². The van der Waals surface area contributed by atoms with E-state index in [1.165, 1.54) is 437 Å². The van der Waals surface area contributed by atoms with Gasteiger partial charge in [-0.05, 0) is 221 Å². The molecule has 0 radical (unpaired) electrons. The van der Waals surface area contributed by atoms with Crippen LogP contribution in [0, 0.1) is 0 Å². The molecule has 1 heteroatoms. The lowest BCUT2D eigenvalue weighted by Gasteiger charge is -2.34. The fourth-order valence-corrected chi connectivity index (χ4v) is 23.3. The molecule has 0 aromatic heterocycles. The molecule has 4 aliphatic rings. The minimum absolute atomic E-state index is 0. The fourth-order valence-electron chi connectivity index (χ4n) is 23.3. The Morgan fingerprint density at radius 1 is 0.145 bits per heavy atom. The molecule has 0 aliphatic heterocycles. The zero-order valence-corrected chi connectivity index (χ0v) is 75.6. The number of rotatable bonds is 59. The van der Waals surface area contributed by atoms with Crippen LogP contribution in [0.1, 0.15) is 459 Å². The molecule has 12 rings (SSSR count). The molecule has 0 nitrogen and oxygen atoms in total. The van der Waals surface area contributed by atoms with Crippen LogP contribution in [-0.2, 0) is 21.7 Å². The minimum Gasteiger partial charge on any atom is -0.0654 e. The van der Waals surface area contributed by atoms with Crippen molar-refractivity contribution in [1.29, 1.82) is 0 Å². The first-order valence-corrected chi connectivity index (χ1v) is 50.3. The Bertz CT molecular complexity index is 3920. The van der Waals surface area contributed by atoms with Crippen LogP contribution in [0.5, 0.6) is 0 Å². The van der Waals surface area contributed by atoms with E-state index in [2.05, 4.69) is 213 Å². The van der Waals surface area contributed by atoms with E-state index in [1.54, 1.807) is 44.5 Å². The molecule has 8 aromatic carbocycles. The van der Waals surface area contributed by atoms with Gasteiger partial charge < -0.3 is 0 Å². The summed E-state index contributed by atoms with van der Waals surface area (Å²) in [6.45, 7) is 19.0. The number of unbranched alkanes of at least 4 members (excludes halogenated alkanes) is 40. The highest BCUT2D eigenvalue weighted by Gasteiger charge is 2.48. The highest BCUT2D eigenvalue weighted by Crippen LogP contribution is 2.61. The lowest BCUT2D eigenvalue weighted by Crippen LogP contribution is -2.26. The molecule has 0 spiro atoms. The van der Waals surface area contributed by atoms with Gasteiger partial charge in [0.25, 0.3) is 0 Å². The summed E-state index contributed by atoms with van der Waals surface area (Å²) in [5.74, 6) is 0. The summed E-state index contributed by atoms with van der Waals surface area (Å²) < 4.78 is 0. The van der Waals surface area contributed by atoms with Crippen molar-refractivity contribution in [3.8, 4) is 77.9 Å². The van der Waals surface area contributed by atoms with Crippen LogP contribution in [-0.4, -0.2) is 11.0 Å². The van der Waals surface area contributed by atoms with Crippen LogP contribution in [0.15, 0.2) is 158 Å². The van der Waals surface area contributed by atoms with Crippen LogP contribution in [0.4, 0.5) is 0 Å². The molecule has 634 valence electrons. The summed E-state index contributed by atoms with van der Waals surface area (Å²) in [4.78, 5) is 0. The third-order valence-electron chi connectivity index (χ3n) is 29.9. The standard InChI is InChI=1S/C116H162.H4Si/c1-9-17-25-33-41-53-77-113(78-54-42-34-26-18-10-2)105-63-51-49-61-97(105)99-71-65-91(85-107(99)113)93-67-73-101-103-75-69-95(89-111(103)115(109(101)87-93,81-57-45-37-29-21-13-5)82-58-46-38-30-22-14-6)96-70-76-104-102-74-68-94(88-110(102)116(112(104)90-96,83-59-47-39-31-23-15-7)84-60-48-40-32-24-16-8)92-66-72-100-98-62-50-52-64-106(98)114(108(100)86-92,79-55-43-35-27-19-11-3)80-56-44-36-28-20-12-4;/h49-52,61-76,85-90H,9-48,53-60,77-84H2,1-8H3;1H4. The molecule has 0 heterocycles. The van der Waals surface area contributed by atoms with E-state index in [0.717, 1.165) is 0 Å². The maximum absolute atomic E-state index is 2.81. The summed E-state index contributed by atoms with van der Waals surface area (Å²) >= 11 is 0. The fraction of sp³-hybridized carbons (Fsp3) is 0.586. The second-order valence-corrected chi connectivity index (χ2v) is 38.1. The van der Waals surface area contributed by atoms with Gasteiger partial charge in [-0.1, -0.05) is 485 Å². The van der Waals surface area contributed by atoms with E-state index in [4.69, 9.17) is 0 Å². The van der Waals surface area contributed by atoms with Crippen LogP contribution >= 0.6 is 0 Å². The maximum Gasteiger partial charge on any atom is 0.0215 e. The minimum atomic E-state index is -0.0658. The number of hydrogen-bond acceptors (Lipinski definition) is 0. The molecular formula is C116H166Si. The van der Waals surface area contributed by atoms with Gasteiger partial charge in [-0.3, -0.25) is 0 Å².